The van der Waals surface area contributed by atoms with Crippen LogP contribution in [-0.4, -0.2) is 40.7 Å². The molecule has 4 nitrogen and oxygen atoms in total. The van der Waals surface area contributed by atoms with Crippen molar-refractivity contribution in [3.8, 4) is 0 Å². The number of hydrogen-bond donors (Lipinski definition) is 3. The van der Waals surface area contributed by atoms with Gasteiger partial charge in [-0.05, 0) is 12.0 Å². The first kappa shape index (κ1) is 19.1. The monoisotopic (exact) mass is 310 g/mol. The van der Waals surface area contributed by atoms with Crippen molar-refractivity contribution in [2.75, 3.05) is 13.2 Å². The predicted molar refractivity (Wildman–Crippen MR) is 87.3 cm³/mol. The summed E-state index contributed by atoms with van der Waals surface area (Å²) in [6.07, 6.45) is -0.202. The highest BCUT2D eigenvalue weighted by atomic mass is 16.5. The van der Waals surface area contributed by atoms with Gasteiger partial charge in [0, 0.05) is 31.0 Å². The van der Waals surface area contributed by atoms with Gasteiger partial charge in [0.05, 0.1) is 18.8 Å². The average Bonchev–Trinajstić information content (AvgIpc) is 2.56. The number of ether oxygens (including phenoxy) is 1. The van der Waals surface area contributed by atoms with E-state index < -0.39 is 6.10 Å². The minimum atomic E-state index is -0.648. The first-order valence-corrected chi connectivity index (χ1v) is 8.10. The lowest BCUT2D eigenvalue weighted by Crippen LogP contribution is -2.41. The zero-order valence-electron chi connectivity index (χ0n) is 13.9. The fraction of sp³-hybridized carbons (Fsp3) is 0.667. The number of aliphatic hydroxyl groups is 3. The van der Waals surface area contributed by atoms with E-state index in [1.165, 1.54) is 0 Å². The highest BCUT2D eigenvalue weighted by Crippen LogP contribution is 2.26. The summed E-state index contributed by atoms with van der Waals surface area (Å²) >= 11 is 0. The van der Waals surface area contributed by atoms with Crippen LogP contribution in [0.4, 0.5) is 0 Å². The molecule has 0 heterocycles. The lowest BCUT2D eigenvalue weighted by atomic mass is 9.83. The van der Waals surface area contributed by atoms with Crippen molar-refractivity contribution in [1.29, 1.82) is 0 Å². The Kier molecular flexibility index (Phi) is 8.64. The van der Waals surface area contributed by atoms with Gasteiger partial charge in [-0.25, -0.2) is 0 Å². The fourth-order valence-corrected chi connectivity index (χ4v) is 2.81. The summed E-state index contributed by atoms with van der Waals surface area (Å²) in [4.78, 5) is 0. The average molecular weight is 310 g/mol. The van der Waals surface area contributed by atoms with E-state index >= 15 is 0 Å². The van der Waals surface area contributed by atoms with Crippen LogP contribution in [0.15, 0.2) is 30.3 Å². The summed E-state index contributed by atoms with van der Waals surface area (Å²) in [6.45, 7) is 6.20. The molecule has 5 atom stereocenters. The third kappa shape index (κ3) is 5.36. The van der Waals surface area contributed by atoms with E-state index in [0.29, 0.717) is 13.0 Å². The molecule has 0 bridgehead atoms. The smallest absolute Gasteiger partial charge is 0.0720 e. The van der Waals surface area contributed by atoms with E-state index in [-0.39, 0.29) is 37.1 Å². The number of benzene rings is 1. The fourth-order valence-electron chi connectivity index (χ4n) is 2.81. The van der Waals surface area contributed by atoms with Gasteiger partial charge in [0.1, 0.15) is 0 Å². The topological polar surface area (TPSA) is 69.9 Å². The summed E-state index contributed by atoms with van der Waals surface area (Å²) in [5.41, 5.74) is 1.06. The molecule has 4 heteroatoms. The molecule has 22 heavy (non-hydrogen) atoms. The minimum absolute atomic E-state index is 0.00638. The van der Waals surface area contributed by atoms with Gasteiger partial charge in [0.15, 0.2) is 0 Å². The van der Waals surface area contributed by atoms with Gasteiger partial charge in [-0.2, -0.15) is 0 Å². The van der Waals surface area contributed by atoms with Crippen LogP contribution in [0.1, 0.15) is 32.8 Å². The van der Waals surface area contributed by atoms with Gasteiger partial charge < -0.3 is 20.1 Å². The van der Waals surface area contributed by atoms with Crippen LogP contribution >= 0.6 is 0 Å². The Morgan fingerprint density at radius 3 is 2.18 bits per heavy atom. The Balaban J connectivity index is 2.74. The Morgan fingerprint density at radius 1 is 1.05 bits per heavy atom. The summed E-state index contributed by atoms with van der Waals surface area (Å²) < 4.78 is 6.00. The minimum Gasteiger partial charge on any atom is -0.396 e. The first-order valence-electron chi connectivity index (χ1n) is 8.10. The Labute approximate surface area is 133 Å². The lowest BCUT2D eigenvalue weighted by molar-refractivity contribution is -0.0917. The molecule has 0 aliphatic rings. The van der Waals surface area contributed by atoms with Gasteiger partial charge >= 0.3 is 0 Å². The van der Waals surface area contributed by atoms with Gasteiger partial charge in [0.2, 0.25) is 0 Å². The molecule has 0 fully saturated rings. The molecule has 0 unspecified atom stereocenters. The Hall–Kier alpha value is -0.940. The maximum absolute atomic E-state index is 10.5. The summed E-state index contributed by atoms with van der Waals surface area (Å²) in [5, 5.41) is 29.3. The molecule has 0 aromatic heterocycles. The highest BCUT2D eigenvalue weighted by Gasteiger charge is 2.33. The van der Waals surface area contributed by atoms with Crippen molar-refractivity contribution in [1.82, 2.24) is 0 Å². The second kappa shape index (κ2) is 9.95. The SMILES string of the molecule is CC[C@H](CO)[C@@H](O)[C@H](C)[C@H](OCc1ccccc1)[C@H](C)CO. The van der Waals surface area contributed by atoms with Crippen molar-refractivity contribution in [3.05, 3.63) is 35.9 Å². The summed E-state index contributed by atoms with van der Waals surface area (Å²) in [7, 11) is 0. The number of rotatable bonds is 10. The van der Waals surface area contributed by atoms with Crippen LogP contribution in [-0.2, 0) is 11.3 Å². The van der Waals surface area contributed by atoms with Crippen LogP contribution in [0.5, 0.6) is 0 Å². The van der Waals surface area contributed by atoms with Gasteiger partial charge in [-0.3, -0.25) is 0 Å². The molecule has 0 saturated carbocycles. The van der Waals surface area contributed by atoms with E-state index in [1.54, 1.807) is 0 Å². The third-order valence-electron chi connectivity index (χ3n) is 4.43. The van der Waals surface area contributed by atoms with Crippen molar-refractivity contribution in [3.63, 3.8) is 0 Å². The van der Waals surface area contributed by atoms with Crippen LogP contribution in [0.25, 0.3) is 0 Å². The van der Waals surface area contributed by atoms with Crippen LogP contribution < -0.4 is 0 Å². The molecule has 1 rings (SSSR count). The van der Waals surface area contributed by atoms with Gasteiger partial charge in [-0.1, -0.05) is 51.1 Å². The molecule has 0 aliphatic carbocycles. The molecule has 1 aromatic rings. The van der Waals surface area contributed by atoms with E-state index in [4.69, 9.17) is 4.74 Å². The zero-order valence-corrected chi connectivity index (χ0v) is 13.9. The molecule has 0 amide bonds. The molecular weight excluding hydrogens is 280 g/mol. The van der Waals surface area contributed by atoms with E-state index in [0.717, 1.165) is 5.56 Å². The maximum Gasteiger partial charge on any atom is 0.0720 e. The molecular formula is C18H30O4. The second-order valence-electron chi connectivity index (χ2n) is 6.12. The Bertz CT molecular complexity index is 391. The van der Waals surface area contributed by atoms with Crippen LogP contribution in [0.3, 0.4) is 0 Å². The molecule has 126 valence electrons. The Morgan fingerprint density at radius 2 is 1.68 bits per heavy atom. The van der Waals surface area contributed by atoms with Crippen molar-refractivity contribution < 1.29 is 20.1 Å². The van der Waals surface area contributed by atoms with Crippen LogP contribution in [0, 0.1) is 17.8 Å². The van der Waals surface area contributed by atoms with Crippen molar-refractivity contribution in [2.24, 2.45) is 17.8 Å². The van der Waals surface area contributed by atoms with Gasteiger partial charge in [0.25, 0.3) is 0 Å². The molecule has 3 N–H and O–H groups in total. The number of aliphatic hydroxyl groups excluding tert-OH is 3. The highest BCUT2D eigenvalue weighted by molar-refractivity contribution is 5.13. The predicted octanol–water partition coefficient (Wildman–Crippen LogP) is 2.22. The molecule has 0 saturated heterocycles. The quantitative estimate of drug-likeness (QED) is 0.620. The van der Waals surface area contributed by atoms with Crippen LogP contribution in [0.2, 0.25) is 0 Å². The number of hydrogen-bond acceptors (Lipinski definition) is 4. The standard InChI is InChI=1S/C18H30O4/c1-4-16(11-20)17(21)14(3)18(13(2)10-19)22-12-15-8-6-5-7-9-15/h5-9,13-14,16-21H,4,10-12H2,1-3H3/t13-,14+,16-,17+,18-/m1/s1. The summed E-state index contributed by atoms with van der Waals surface area (Å²) in [5.74, 6) is -0.406. The third-order valence-corrected chi connectivity index (χ3v) is 4.43. The molecule has 0 aliphatic heterocycles. The summed E-state index contributed by atoms with van der Waals surface area (Å²) in [6, 6.07) is 9.85. The van der Waals surface area contributed by atoms with E-state index in [1.807, 2.05) is 51.1 Å². The normalized spacial score (nSPS) is 18.5. The molecule has 0 radical (unpaired) electrons. The molecule has 1 aromatic carbocycles. The van der Waals surface area contributed by atoms with Crippen molar-refractivity contribution in [2.45, 2.75) is 46.0 Å². The zero-order chi connectivity index (χ0) is 16.5. The first-order chi connectivity index (χ1) is 10.5. The second-order valence-corrected chi connectivity index (χ2v) is 6.12. The lowest BCUT2D eigenvalue weighted by Gasteiger charge is -2.34. The van der Waals surface area contributed by atoms with Gasteiger partial charge in [-0.15, -0.1) is 0 Å². The van der Waals surface area contributed by atoms with Crippen molar-refractivity contribution >= 4 is 0 Å². The largest absolute Gasteiger partial charge is 0.396 e. The maximum atomic E-state index is 10.5. The molecule has 0 spiro atoms. The van der Waals surface area contributed by atoms with E-state index in [2.05, 4.69) is 0 Å². The van der Waals surface area contributed by atoms with E-state index in [9.17, 15) is 15.3 Å².